The van der Waals surface area contributed by atoms with Gasteiger partial charge in [-0.3, -0.25) is 8.72 Å². The van der Waals surface area contributed by atoms with Crippen LogP contribution in [0.25, 0.3) is 0 Å². The van der Waals surface area contributed by atoms with E-state index in [9.17, 15) is 4.79 Å². The van der Waals surface area contributed by atoms with Crippen molar-refractivity contribution in [2.24, 2.45) is 4.99 Å². The first-order valence-corrected chi connectivity index (χ1v) is 2.49. The van der Waals surface area contributed by atoms with Gasteiger partial charge in [0.05, 0.1) is 16.1 Å². The number of hydrogen-bond donors (Lipinski definition) is 0. The molecule has 7 heavy (non-hydrogen) atoms. The Balaban J connectivity index is 2.58. The minimum atomic E-state index is -0.100. The highest BCUT2D eigenvalue weighted by atomic mass is 79.9. The average molecular weight is 163 g/mol. The van der Waals surface area contributed by atoms with Gasteiger partial charge in [0.2, 0.25) is 0 Å². The molecule has 0 atom stereocenters. The molecule has 0 saturated carbocycles. The van der Waals surface area contributed by atoms with Gasteiger partial charge in [0.1, 0.15) is 12.9 Å². The highest BCUT2D eigenvalue weighted by Gasteiger charge is 2.08. The van der Waals surface area contributed by atoms with E-state index in [2.05, 4.69) is 21.1 Å². The molecule has 0 aromatic carbocycles. The number of nitrogens with zero attached hydrogens (tertiary/aromatic N) is 2. The predicted octanol–water partition coefficient (Wildman–Crippen LogP) is 0.167. The molecule has 0 N–H and O–H groups in total. The minimum Gasteiger partial charge on any atom is -0.289 e. The summed E-state index contributed by atoms with van der Waals surface area (Å²) in [6.45, 7) is 0.361. The summed E-state index contributed by atoms with van der Waals surface area (Å²) in [5.74, 6) is -0.100. The van der Waals surface area contributed by atoms with Crippen molar-refractivity contribution in [1.29, 1.82) is 0 Å². The number of carbonyl (C=O) groups excluding carboxylic acids is 1. The Hall–Kier alpha value is -0.380. The van der Waals surface area contributed by atoms with Crippen LogP contribution in [0.2, 0.25) is 0 Å². The third-order valence-electron chi connectivity index (χ3n) is 0.613. The molecule has 0 aromatic rings. The third-order valence-corrected chi connectivity index (χ3v) is 1.05. The van der Waals surface area contributed by atoms with Gasteiger partial charge in [-0.05, 0) is 0 Å². The van der Waals surface area contributed by atoms with Crippen LogP contribution in [0.3, 0.4) is 0 Å². The average Bonchev–Trinajstić information content (AvgIpc) is 1.87. The Morgan fingerprint density at radius 2 is 2.71 bits per heavy atom. The molecule has 0 radical (unpaired) electrons. The van der Waals surface area contributed by atoms with Crippen LogP contribution < -0.4 is 0 Å². The lowest BCUT2D eigenvalue weighted by atomic mass is 10.7. The first-order chi connectivity index (χ1) is 3.29. The summed E-state index contributed by atoms with van der Waals surface area (Å²) in [5.41, 5.74) is 0. The van der Waals surface area contributed by atoms with Gasteiger partial charge in [0, 0.05) is 0 Å². The summed E-state index contributed by atoms with van der Waals surface area (Å²) in [6.07, 6.45) is 1.45. The number of hydrogen-bond acceptors (Lipinski definition) is 2. The molecule has 0 saturated heterocycles. The van der Waals surface area contributed by atoms with E-state index in [4.69, 9.17) is 0 Å². The van der Waals surface area contributed by atoms with E-state index in [1.807, 2.05) is 0 Å². The molecule has 1 rings (SSSR count). The summed E-state index contributed by atoms with van der Waals surface area (Å²) in [4.78, 5) is 13.6. The van der Waals surface area contributed by atoms with Gasteiger partial charge in [-0.25, -0.2) is 4.99 Å². The van der Waals surface area contributed by atoms with Crippen LogP contribution in [0.15, 0.2) is 4.99 Å². The van der Waals surface area contributed by atoms with Gasteiger partial charge < -0.3 is 0 Å². The van der Waals surface area contributed by atoms with Gasteiger partial charge in [0.15, 0.2) is 0 Å². The van der Waals surface area contributed by atoms with Crippen LogP contribution in [-0.4, -0.2) is 22.7 Å². The second kappa shape index (κ2) is 1.61. The number of halogens is 1. The van der Waals surface area contributed by atoms with Crippen molar-refractivity contribution in [2.75, 3.05) is 6.54 Å². The lowest BCUT2D eigenvalue weighted by Crippen LogP contribution is -2.07. The quantitative estimate of drug-likeness (QED) is 0.476. The normalized spacial score (nSPS) is 19.0. The zero-order valence-electron chi connectivity index (χ0n) is 3.47. The number of amides is 1. The number of aliphatic imine (C=N–C) groups is 1. The van der Waals surface area contributed by atoms with Crippen molar-refractivity contribution in [3.63, 3.8) is 0 Å². The van der Waals surface area contributed by atoms with E-state index in [0.717, 1.165) is 0 Å². The van der Waals surface area contributed by atoms with Crippen molar-refractivity contribution in [1.82, 2.24) is 3.93 Å². The molecule has 1 amide bonds. The second-order valence-corrected chi connectivity index (χ2v) is 2.11. The van der Waals surface area contributed by atoms with E-state index < -0.39 is 0 Å². The lowest BCUT2D eigenvalue weighted by Gasteiger charge is -1.94. The topological polar surface area (TPSA) is 32.7 Å². The molecule has 1 heterocycles. The molecule has 0 fully saturated rings. The fourth-order valence-electron chi connectivity index (χ4n) is 0.338. The standard InChI is InChI=1S/C3H3BrN2O/c4-6-1-3(7)5-2-6/h2H,1H2. The molecular weight excluding hydrogens is 160 g/mol. The molecule has 3 nitrogen and oxygen atoms in total. The van der Waals surface area contributed by atoms with Gasteiger partial charge >= 0.3 is 0 Å². The smallest absolute Gasteiger partial charge is 0.267 e. The Labute approximate surface area is 49.4 Å². The molecule has 38 valence electrons. The van der Waals surface area contributed by atoms with E-state index in [1.165, 1.54) is 6.34 Å². The fraction of sp³-hybridized carbons (Fsp3) is 0.333. The molecule has 0 aliphatic carbocycles. The summed E-state index contributed by atoms with van der Waals surface area (Å²) in [6, 6.07) is 0. The Kier molecular flexibility index (Phi) is 1.10. The summed E-state index contributed by atoms with van der Waals surface area (Å²) in [7, 11) is 0. The second-order valence-electron chi connectivity index (χ2n) is 1.20. The Morgan fingerprint density at radius 3 is 2.86 bits per heavy atom. The van der Waals surface area contributed by atoms with Gasteiger partial charge in [-0.15, -0.1) is 0 Å². The largest absolute Gasteiger partial charge is 0.289 e. The zero-order chi connectivity index (χ0) is 5.28. The third kappa shape index (κ3) is 0.991. The van der Waals surface area contributed by atoms with Crippen LogP contribution in [0.1, 0.15) is 0 Å². The summed E-state index contributed by atoms with van der Waals surface area (Å²) in [5, 5.41) is 0. The number of carbonyl (C=O) groups is 1. The van der Waals surface area contributed by atoms with Crippen LogP contribution in [-0.2, 0) is 4.79 Å². The van der Waals surface area contributed by atoms with Crippen LogP contribution in [0, 0.1) is 0 Å². The van der Waals surface area contributed by atoms with Gasteiger partial charge in [-0.1, -0.05) is 0 Å². The van der Waals surface area contributed by atoms with E-state index in [1.54, 1.807) is 3.93 Å². The SMILES string of the molecule is O=C1CN(Br)C=N1. The van der Waals surface area contributed by atoms with Gasteiger partial charge in [0.25, 0.3) is 5.91 Å². The zero-order valence-corrected chi connectivity index (χ0v) is 5.05. The maximum absolute atomic E-state index is 10.2. The van der Waals surface area contributed by atoms with Crippen LogP contribution >= 0.6 is 16.1 Å². The van der Waals surface area contributed by atoms with Crippen molar-refractivity contribution < 1.29 is 4.79 Å². The summed E-state index contributed by atoms with van der Waals surface area (Å²) < 4.78 is 1.55. The molecule has 0 bridgehead atoms. The Bertz CT molecular complexity index is 122. The highest BCUT2D eigenvalue weighted by molar-refractivity contribution is 9.07. The number of rotatable bonds is 0. The monoisotopic (exact) mass is 162 g/mol. The molecule has 1 aliphatic rings. The molecule has 4 heteroatoms. The van der Waals surface area contributed by atoms with E-state index in [-0.39, 0.29) is 5.91 Å². The maximum atomic E-state index is 10.2. The molecule has 1 aliphatic heterocycles. The minimum absolute atomic E-state index is 0.100. The van der Waals surface area contributed by atoms with Crippen LogP contribution in [0.4, 0.5) is 0 Å². The highest BCUT2D eigenvalue weighted by Crippen LogP contribution is 1.99. The van der Waals surface area contributed by atoms with E-state index >= 15 is 0 Å². The van der Waals surface area contributed by atoms with Gasteiger partial charge in [-0.2, -0.15) is 0 Å². The fourth-order valence-corrected chi connectivity index (χ4v) is 0.644. The molecule has 0 unspecified atom stereocenters. The summed E-state index contributed by atoms with van der Waals surface area (Å²) >= 11 is 3.04. The Morgan fingerprint density at radius 1 is 2.00 bits per heavy atom. The van der Waals surface area contributed by atoms with Crippen molar-refractivity contribution in [2.45, 2.75) is 0 Å². The van der Waals surface area contributed by atoms with E-state index in [0.29, 0.717) is 6.54 Å². The van der Waals surface area contributed by atoms with Crippen LogP contribution in [0.5, 0.6) is 0 Å². The van der Waals surface area contributed by atoms with Crippen molar-refractivity contribution in [3.8, 4) is 0 Å². The van der Waals surface area contributed by atoms with Crippen molar-refractivity contribution >= 4 is 28.4 Å². The first kappa shape index (κ1) is 4.77. The first-order valence-electron chi connectivity index (χ1n) is 1.78. The predicted molar refractivity (Wildman–Crippen MR) is 29.1 cm³/mol. The lowest BCUT2D eigenvalue weighted by molar-refractivity contribution is -0.116. The maximum Gasteiger partial charge on any atom is 0.267 e. The molecule has 0 aromatic heterocycles. The molecular formula is C3H3BrN2O. The van der Waals surface area contributed by atoms with Crippen molar-refractivity contribution in [3.05, 3.63) is 0 Å². The molecule has 0 spiro atoms.